The predicted molar refractivity (Wildman–Crippen MR) is 69.0 cm³/mol. The lowest BCUT2D eigenvalue weighted by molar-refractivity contribution is -0.121. The Bertz CT molecular complexity index is 493. The Kier molecular flexibility index (Phi) is 2.54. The van der Waals surface area contributed by atoms with E-state index in [4.69, 9.17) is 0 Å². The van der Waals surface area contributed by atoms with Crippen LogP contribution in [0.15, 0.2) is 18.2 Å². The Morgan fingerprint density at radius 1 is 1.33 bits per heavy atom. The average molecular weight is 248 g/mol. The standard InChI is InChI=1S/C14H17FN2O/c1-9-5-7-14(8-6-9)13(18)16-12-10(15)3-2-4-11(12)17-14/h2-4,9,17H,5-8H2,1H3,(H,16,18). The maximum Gasteiger partial charge on any atom is 0.250 e. The highest BCUT2D eigenvalue weighted by molar-refractivity contribution is 6.06. The monoisotopic (exact) mass is 248 g/mol. The minimum absolute atomic E-state index is 0.0907. The molecule has 1 amide bonds. The third-order valence-corrected chi connectivity index (χ3v) is 4.19. The molecular weight excluding hydrogens is 231 g/mol. The molecule has 1 aliphatic carbocycles. The number of benzene rings is 1. The van der Waals surface area contributed by atoms with E-state index in [-0.39, 0.29) is 17.4 Å². The molecule has 2 N–H and O–H groups in total. The van der Waals surface area contributed by atoms with Crippen molar-refractivity contribution in [3.8, 4) is 0 Å². The van der Waals surface area contributed by atoms with Gasteiger partial charge in [0.15, 0.2) is 0 Å². The van der Waals surface area contributed by atoms with Crippen LogP contribution in [0, 0.1) is 11.7 Å². The number of rotatable bonds is 0. The van der Waals surface area contributed by atoms with E-state index in [0.29, 0.717) is 11.6 Å². The van der Waals surface area contributed by atoms with Crippen molar-refractivity contribution in [1.29, 1.82) is 0 Å². The number of hydrogen-bond acceptors (Lipinski definition) is 2. The van der Waals surface area contributed by atoms with E-state index in [1.54, 1.807) is 6.07 Å². The lowest BCUT2D eigenvalue weighted by atomic mass is 9.75. The summed E-state index contributed by atoms with van der Waals surface area (Å²) in [6, 6.07) is 4.84. The van der Waals surface area contributed by atoms with Gasteiger partial charge in [-0.1, -0.05) is 13.0 Å². The Balaban J connectivity index is 1.95. The summed E-state index contributed by atoms with van der Waals surface area (Å²) in [5.74, 6) is 0.193. The normalized spacial score (nSPS) is 30.6. The zero-order chi connectivity index (χ0) is 12.8. The SMILES string of the molecule is CC1CCC2(CC1)Nc1cccc(F)c1NC2=O. The van der Waals surface area contributed by atoms with E-state index in [0.717, 1.165) is 25.7 Å². The largest absolute Gasteiger partial charge is 0.369 e. The molecule has 1 aromatic rings. The van der Waals surface area contributed by atoms with Crippen LogP contribution in [0.2, 0.25) is 0 Å². The molecule has 0 aromatic heterocycles. The molecule has 1 heterocycles. The van der Waals surface area contributed by atoms with Gasteiger partial charge in [0.2, 0.25) is 5.91 Å². The predicted octanol–water partition coefficient (Wildman–Crippen LogP) is 3.14. The maximum absolute atomic E-state index is 13.6. The van der Waals surface area contributed by atoms with Crippen LogP contribution in [0.1, 0.15) is 32.6 Å². The highest BCUT2D eigenvalue weighted by Gasteiger charge is 2.44. The van der Waals surface area contributed by atoms with Crippen molar-refractivity contribution in [3.63, 3.8) is 0 Å². The van der Waals surface area contributed by atoms with Crippen LogP contribution in [0.25, 0.3) is 0 Å². The van der Waals surface area contributed by atoms with Gasteiger partial charge < -0.3 is 10.6 Å². The van der Waals surface area contributed by atoms with Gasteiger partial charge in [0.25, 0.3) is 0 Å². The van der Waals surface area contributed by atoms with E-state index in [9.17, 15) is 9.18 Å². The van der Waals surface area contributed by atoms with Crippen molar-refractivity contribution < 1.29 is 9.18 Å². The third-order valence-electron chi connectivity index (χ3n) is 4.19. The summed E-state index contributed by atoms with van der Waals surface area (Å²) in [6.07, 6.45) is 3.70. The molecule has 3 rings (SSSR count). The lowest BCUT2D eigenvalue weighted by Crippen LogP contribution is -2.54. The molecular formula is C14H17FN2O. The lowest BCUT2D eigenvalue weighted by Gasteiger charge is -2.42. The summed E-state index contributed by atoms with van der Waals surface area (Å²) in [6.45, 7) is 2.21. The van der Waals surface area contributed by atoms with Crippen molar-refractivity contribution in [2.45, 2.75) is 38.1 Å². The molecule has 3 nitrogen and oxygen atoms in total. The summed E-state index contributed by atoms with van der Waals surface area (Å²) in [5, 5.41) is 6.00. The van der Waals surface area contributed by atoms with Gasteiger partial charge in [-0.05, 0) is 43.7 Å². The van der Waals surface area contributed by atoms with Gasteiger partial charge in [0, 0.05) is 0 Å². The minimum atomic E-state index is -0.534. The zero-order valence-electron chi connectivity index (χ0n) is 10.4. The second-order valence-corrected chi connectivity index (χ2v) is 5.51. The molecule has 1 spiro atoms. The highest BCUT2D eigenvalue weighted by atomic mass is 19.1. The number of amides is 1. The molecule has 0 radical (unpaired) electrons. The fourth-order valence-corrected chi connectivity index (χ4v) is 2.91. The second-order valence-electron chi connectivity index (χ2n) is 5.51. The number of anilines is 2. The first-order valence-electron chi connectivity index (χ1n) is 6.49. The highest BCUT2D eigenvalue weighted by Crippen LogP contribution is 2.41. The fraction of sp³-hybridized carbons (Fsp3) is 0.500. The second kappa shape index (κ2) is 3.97. The number of hydrogen-bond donors (Lipinski definition) is 2. The minimum Gasteiger partial charge on any atom is -0.369 e. The van der Waals surface area contributed by atoms with Crippen LogP contribution in [-0.4, -0.2) is 11.4 Å². The van der Waals surface area contributed by atoms with Crippen LogP contribution in [0.4, 0.5) is 15.8 Å². The van der Waals surface area contributed by atoms with Crippen LogP contribution < -0.4 is 10.6 Å². The van der Waals surface area contributed by atoms with Gasteiger partial charge in [-0.15, -0.1) is 0 Å². The molecule has 0 unspecified atom stereocenters. The molecule has 96 valence electrons. The number of fused-ring (bicyclic) bond motifs is 1. The Morgan fingerprint density at radius 2 is 2.06 bits per heavy atom. The first-order valence-corrected chi connectivity index (χ1v) is 6.49. The van der Waals surface area contributed by atoms with Gasteiger partial charge in [0.05, 0.1) is 5.69 Å². The van der Waals surface area contributed by atoms with Gasteiger partial charge in [-0.3, -0.25) is 4.79 Å². The van der Waals surface area contributed by atoms with Crippen LogP contribution >= 0.6 is 0 Å². The first-order chi connectivity index (χ1) is 8.61. The smallest absolute Gasteiger partial charge is 0.250 e. The van der Waals surface area contributed by atoms with Crippen LogP contribution in [-0.2, 0) is 4.79 Å². The number of nitrogens with one attached hydrogen (secondary N) is 2. The average Bonchev–Trinajstić information content (AvgIpc) is 2.36. The Morgan fingerprint density at radius 3 is 2.78 bits per heavy atom. The van der Waals surface area contributed by atoms with Gasteiger partial charge in [0.1, 0.15) is 17.0 Å². The summed E-state index contributed by atoms with van der Waals surface area (Å²) in [5.41, 5.74) is 0.448. The van der Waals surface area contributed by atoms with E-state index < -0.39 is 5.54 Å². The number of para-hydroxylation sites is 1. The first kappa shape index (κ1) is 11.5. The summed E-state index contributed by atoms with van der Waals surface area (Å²) < 4.78 is 13.6. The van der Waals surface area contributed by atoms with Crippen molar-refractivity contribution in [3.05, 3.63) is 24.0 Å². The van der Waals surface area contributed by atoms with E-state index in [1.807, 2.05) is 6.07 Å². The van der Waals surface area contributed by atoms with Gasteiger partial charge >= 0.3 is 0 Å². The molecule has 0 atom stereocenters. The van der Waals surface area contributed by atoms with Crippen molar-refractivity contribution in [2.24, 2.45) is 5.92 Å². The Labute approximate surface area is 106 Å². The zero-order valence-corrected chi connectivity index (χ0v) is 10.4. The number of carbonyl (C=O) groups excluding carboxylic acids is 1. The molecule has 4 heteroatoms. The van der Waals surface area contributed by atoms with Crippen LogP contribution in [0.5, 0.6) is 0 Å². The van der Waals surface area contributed by atoms with Gasteiger partial charge in [-0.25, -0.2) is 4.39 Å². The molecule has 1 aromatic carbocycles. The van der Waals surface area contributed by atoms with Crippen LogP contribution in [0.3, 0.4) is 0 Å². The van der Waals surface area contributed by atoms with Gasteiger partial charge in [-0.2, -0.15) is 0 Å². The van der Waals surface area contributed by atoms with Crippen molar-refractivity contribution in [1.82, 2.24) is 0 Å². The third kappa shape index (κ3) is 1.67. The Hall–Kier alpha value is -1.58. The van der Waals surface area contributed by atoms with Crippen molar-refractivity contribution in [2.75, 3.05) is 10.6 Å². The number of carbonyl (C=O) groups is 1. The van der Waals surface area contributed by atoms with E-state index in [2.05, 4.69) is 17.6 Å². The topological polar surface area (TPSA) is 41.1 Å². The molecule has 1 aliphatic heterocycles. The van der Waals surface area contributed by atoms with E-state index >= 15 is 0 Å². The molecule has 1 saturated carbocycles. The molecule has 18 heavy (non-hydrogen) atoms. The molecule has 2 aliphatic rings. The summed E-state index contributed by atoms with van der Waals surface area (Å²) in [7, 11) is 0. The molecule has 0 saturated heterocycles. The summed E-state index contributed by atoms with van der Waals surface area (Å²) in [4.78, 5) is 12.3. The maximum atomic E-state index is 13.6. The molecule has 1 fully saturated rings. The quantitative estimate of drug-likeness (QED) is 0.740. The summed E-state index contributed by atoms with van der Waals surface area (Å²) >= 11 is 0. The van der Waals surface area contributed by atoms with Crippen molar-refractivity contribution >= 4 is 17.3 Å². The van der Waals surface area contributed by atoms with E-state index in [1.165, 1.54) is 6.07 Å². The molecule has 0 bridgehead atoms. The fourth-order valence-electron chi connectivity index (χ4n) is 2.91. The number of halogens is 1.